The van der Waals surface area contributed by atoms with Crippen LogP contribution < -0.4 is 0 Å². The predicted octanol–water partition coefficient (Wildman–Crippen LogP) is 5.62. The smallest absolute Gasteiger partial charge is 0.169 e. The number of para-hydroxylation sites is 1. The van der Waals surface area contributed by atoms with Crippen molar-refractivity contribution in [3.8, 4) is 11.3 Å². The molecule has 0 atom stereocenters. The molecule has 0 bridgehead atoms. The first-order valence-electron chi connectivity index (χ1n) is 12.1. The largest absolute Gasteiger partial charge is 0.354 e. The molecule has 5 nitrogen and oxygen atoms in total. The van der Waals surface area contributed by atoms with E-state index in [0.717, 1.165) is 65.6 Å². The number of thiazole rings is 1. The van der Waals surface area contributed by atoms with Crippen molar-refractivity contribution in [2.24, 2.45) is 0 Å². The number of fused-ring (bicyclic) bond motifs is 3. The molecule has 35 heavy (non-hydrogen) atoms. The predicted molar refractivity (Wildman–Crippen MR) is 144 cm³/mol. The van der Waals surface area contributed by atoms with Gasteiger partial charge in [-0.2, -0.15) is 0 Å². The van der Waals surface area contributed by atoms with E-state index in [0.29, 0.717) is 6.42 Å². The molecule has 0 saturated carbocycles. The zero-order valence-corrected chi connectivity index (χ0v) is 20.6. The van der Waals surface area contributed by atoms with Crippen LogP contribution in [0.25, 0.3) is 33.1 Å². The van der Waals surface area contributed by atoms with E-state index in [1.165, 1.54) is 16.3 Å². The zero-order valence-electron chi connectivity index (χ0n) is 19.8. The number of likely N-dealkylation sites (N-methyl/N-ethyl adjacent to an activating group) is 1. The Morgan fingerprint density at radius 2 is 1.71 bits per heavy atom. The van der Waals surface area contributed by atoms with Gasteiger partial charge in [0.15, 0.2) is 5.78 Å². The minimum Gasteiger partial charge on any atom is -0.354 e. The van der Waals surface area contributed by atoms with Gasteiger partial charge in [-0.3, -0.25) is 9.69 Å². The first-order chi connectivity index (χ1) is 17.1. The fraction of sp³-hybridized carbons (Fsp3) is 0.241. The average Bonchev–Trinajstić information content (AvgIpc) is 3.50. The van der Waals surface area contributed by atoms with Crippen LogP contribution >= 0.6 is 11.3 Å². The maximum atomic E-state index is 12.9. The number of aromatic nitrogens is 2. The summed E-state index contributed by atoms with van der Waals surface area (Å²) in [5.74, 6) is 0.114. The minimum absolute atomic E-state index is 0.114. The van der Waals surface area contributed by atoms with Crippen molar-refractivity contribution in [2.75, 3.05) is 33.2 Å². The quantitative estimate of drug-likeness (QED) is 0.321. The number of piperazine rings is 1. The normalized spacial score (nSPS) is 15.2. The van der Waals surface area contributed by atoms with Gasteiger partial charge in [-0.1, -0.05) is 54.6 Å². The molecule has 3 aromatic carbocycles. The lowest BCUT2D eigenvalue weighted by molar-refractivity contribution is 0.0993. The lowest BCUT2D eigenvalue weighted by atomic mass is 10.1. The number of carbonyl (C=O) groups excluding carboxylic acids is 1. The van der Waals surface area contributed by atoms with Crippen LogP contribution in [0.2, 0.25) is 0 Å². The lowest BCUT2D eigenvalue weighted by Gasteiger charge is -2.32. The van der Waals surface area contributed by atoms with Crippen LogP contribution in [0.3, 0.4) is 0 Å². The highest BCUT2D eigenvalue weighted by Gasteiger charge is 2.15. The summed E-state index contributed by atoms with van der Waals surface area (Å²) < 4.78 is 0. The molecule has 176 valence electrons. The number of rotatable bonds is 6. The van der Waals surface area contributed by atoms with Crippen LogP contribution in [0.4, 0.5) is 0 Å². The Bertz CT molecular complexity index is 1490. The van der Waals surface area contributed by atoms with Gasteiger partial charge in [0.05, 0.1) is 12.1 Å². The van der Waals surface area contributed by atoms with Gasteiger partial charge in [-0.15, -0.1) is 11.3 Å². The Labute approximate surface area is 209 Å². The fourth-order valence-electron chi connectivity index (χ4n) is 4.84. The second-order valence-corrected chi connectivity index (χ2v) is 10.4. The van der Waals surface area contributed by atoms with E-state index in [-0.39, 0.29) is 5.78 Å². The molecule has 1 saturated heterocycles. The standard InChI is InChI=1S/C29H28N4OS/c1-32-12-14-33(15-13-32)18-20-6-8-21(9-7-20)28(34)17-29-31-27(19-35-29)22-10-11-24-23-4-2-3-5-25(23)30-26(24)16-22/h2-11,16,19,30H,12-15,17-18H2,1H3. The summed E-state index contributed by atoms with van der Waals surface area (Å²) in [5, 5.41) is 5.34. The van der Waals surface area contributed by atoms with Gasteiger partial charge in [0.1, 0.15) is 5.01 Å². The second-order valence-electron chi connectivity index (χ2n) is 9.43. The Morgan fingerprint density at radius 3 is 2.54 bits per heavy atom. The number of nitrogens with one attached hydrogen (secondary N) is 1. The van der Waals surface area contributed by atoms with E-state index in [1.807, 2.05) is 23.6 Å². The van der Waals surface area contributed by atoms with Gasteiger partial charge in [0, 0.05) is 71.0 Å². The van der Waals surface area contributed by atoms with Gasteiger partial charge >= 0.3 is 0 Å². The molecule has 0 unspecified atom stereocenters. The van der Waals surface area contributed by atoms with Crippen LogP contribution in [0.15, 0.2) is 72.1 Å². The van der Waals surface area contributed by atoms with Crippen LogP contribution in [-0.2, 0) is 13.0 Å². The number of nitrogens with zero attached hydrogens (tertiary/aromatic N) is 3. The van der Waals surface area contributed by atoms with E-state index in [1.54, 1.807) is 11.3 Å². The lowest BCUT2D eigenvalue weighted by Crippen LogP contribution is -2.43. The van der Waals surface area contributed by atoms with Crippen molar-refractivity contribution in [1.82, 2.24) is 19.8 Å². The van der Waals surface area contributed by atoms with Crippen molar-refractivity contribution >= 4 is 38.9 Å². The number of ketones is 1. The van der Waals surface area contributed by atoms with Crippen molar-refractivity contribution in [1.29, 1.82) is 0 Å². The van der Waals surface area contributed by atoms with Gasteiger partial charge in [0.2, 0.25) is 0 Å². The van der Waals surface area contributed by atoms with E-state index < -0.39 is 0 Å². The van der Waals surface area contributed by atoms with E-state index in [9.17, 15) is 4.79 Å². The van der Waals surface area contributed by atoms with Crippen LogP contribution in [0.1, 0.15) is 20.9 Å². The molecule has 1 aliphatic rings. The highest BCUT2D eigenvalue weighted by molar-refractivity contribution is 7.10. The molecular weight excluding hydrogens is 452 g/mol. The van der Waals surface area contributed by atoms with Crippen LogP contribution in [0.5, 0.6) is 0 Å². The monoisotopic (exact) mass is 480 g/mol. The summed E-state index contributed by atoms with van der Waals surface area (Å²) in [6.45, 7) is 5.36. The molecule has 5 aromatic rings. The average molecular weight is 481 g/mol. The minimum atomic E-state index is 0.114. The van der Waals surface area contributed by atoms with Crippen LogP contribution in [0, 0.1) is 0 Å². The number of aromatic amines is 1. The summed E-state index contributed by atoms with van der Waals surface area (Å²) in [5.41, 5.74) is 6.23. The highest BCUT2D eigenvalue weighted by Crippen LogP contribution is 2.30. The maximum absolute atomic E-state index is 12.9. The summed E-state index contributed by atoms with van der Waals surface area (Å²) >= 11 is 1.55. The second kappa shape index (κ2) is 9.38. The first kappa shape index (κ1) is 22.2. The third kappa shape index (κ3) is 4.65. The summed E-state index contributed by atoms with van der Waals surface area (Å²) in [6, 6.07) is 22.9. The molecule has 2 aromatic heterocycles. The number of hydrogen-bond donors (Lipinski definition) is 1. The molecule has 6 heteroatoms. The Morgan fingerprint density at radius 1 is 0.943 bits per heavy atom. The van der Waals surface area contributed by atoms with Crippen molar-refractivity contribution in [3.63, 3.8) is 0 Å². The third-order valence-electron chi connectivity index (χ3n) is 6.94. The Kier molecular flexibility index (Phi) is 5.94. The Balaban J connectivity index is 1.13. The number of H-pyrrole nitrogens is 1. The highest BCUT2D eigenvalue weighted by atomic mass is 32.1. The molecule has 0 aliphatic carbocycles. The van der Waals surface area contributed by atoms with Crippen molar-refractivity contribution in [2.45, 2.75) is 13.0 Å². The van der Waals surface area contributed by atoms with Gasteiger partial charge in [-0.25, -0.2) is 4.98 Å². The number of carbonyl (C=O) groups is 1. The van der Waals surface area contributed by atoms with E-state index in [4.69, 9.17) is 4.98 Å². The first-order valence-corrected chi connectivity index (χ1v) is 13.0. The molecule has 1 N–H and O–H groups in total. The SMILES string of the molecule is CN1CCN(Cc2ccc(C(=O)Cc3nc(-c4ccc5c(c4)[nH]c4ccccc45)cs3)cc2)CC1. The topological polar surface area (TPSA) is 52.2 Å². The molecule has 3 heterocycles. The van der Waals surface area contributed by atoms with Crippen molar-refractivity contribution < 1.29 is 4.79 Å². The molecule has 1 aliphatic heterocycles. The Hall–Kier alpha value is -3.32. The van der Waals surface area contributed by atoms with Gasteiger partial charge in [0.25, 0.3) is 0 Å². The molecule has 0 amide bonds. The number of hydrogen-bond acceptors (Lipinski definition) is 5. The molecule has 1 fully saturated rings. The molecule has 0 spiro atoms. The summed E-state index contributed by atoms with van der Waals surface area (Å²) in [4.78, 5) is 26.0. The summed E-state index contributed by atoms with van der Waals surface area (Å²) in [6.07, 6.45) is 0.330. The number of Topliss-reactive ketones (excluding diaryl/α,β-unsaturated/α-hetero) is 1. The van der Waals surface area contributed by atoms with Crippen molar-refractivity contribution in [3.05, 3.63) is 88.2 Å². The van der Waals surface area contributed by atoms with Gasteiger partial charge < -0.3 is 9.88 Å². The zero-order chi connectivity index (χ0) is 23.8. The van der Waals surface area contributed by atoms with E-state index in [2.05, 4.69) is 70.4 Å². The molecule has 0 radical (unpaired) electrons. The third-order valence-corrected chi connectivity index (χ3v) is 7.79. The van der Waals surface area contributed by atoms with Gasteiger partial charge in [-0.05, 0) is 24.7 Å². The maximum Gasteiger partial charge on any atom is 0.169 e. The molecule has 6 rings (SSSR count). The molecular formula is C29H28N4OS. The fourth-order valence-corrected chi connectivity index (χ4v) is 5.64. The van der Waals surface area contributed by atoms with Crippen LogP contribution in [-0.4, -0.2) is 58.8 Å². The number of benzene rings is 3. The summed E-state index contributed by atoms with van der Waals surface area (Å²) in [7, 11) is 2.17. The van der Waals surface area contributed by atoms with E-state index >= 15 is 0 Å².